The van der Waals surface area contributed by atoms with Gasteiger partial charge in [0.05, 0.1) is 73.0 Å². The summed E-state index contributed by atoms with van der Waals surface area (Å²) in [4.78, 5) is 77.7. The maximum absolute atomic E-state index is 13.0. The molecule has 0 aromatic carbocycles. The van der Waals surface area contributed by atoms with E-state index in [1.54, 1.807) is 41.5 Å². The summed E-state index contributed by atoms with van der Waals surface area (Å²) in [6, 6.07) is 0. The molecule has 46 heavy (non-hydrogen) atoms. The van der Waals surface area contributed by atoms with Crippen molar-refractivity contribution < 1.29 is 57.2 Å². The molecular weight excluding hydrogens is 625 g/mol. The summed E-state index contributed by atoms with van der Waals surface area (Å²) in [7, 11) is -2.13. The number of hydrogen-bond donors (Lipinski definition) is 0. The third-order valence-corrected chi connectivity index (χ3v) is 7.96. The molecule has 0 aliphatic heterocycles. The van der Waals surface area contributed by atoms with Crippen LogP contribution in [-0.2, 0) is 28.4 Å². The number of carbonyl (C=O) groups is 6. The Morgan fingerprint density at radius 2 is 0.543 bits per heavy atom. The predicted molar refractivity (Wildman–Crippen MR) is 162 cm³/mol. The molecule has 0 saturated heterocycles. The molecule has 15 nitrogen and oxygen atoms in total. The number of ether oxygens (including phenoxy) is 6. The Hall–Kier alpha value is -4.91. The van der Waals surface area contributed by atoms with Crippen LogP contribution in [0.5, 0.6) is 0 Å². The van der Waals surface area contributed by atoms with Crippen molar-refractivity contribution in [2.45, 2.75) is 41.5 Å². The van der Waals surface area contributed by atoms with Crippen molar-refractivity contribution in [3.05, 3.63) is 70.6 Å². The maximum Gasteiger partial charge on any atom is 0.340 e. The van der Waals surface area contributed by atoms with E-state index >= 15 is 0 Å². The highest BCUT2D eigenvalue weighted by atomic mass is 31.1. The molecule has 0 bridgehead atoms. The molecule has 3 aromatic heterocycles. The first kappa shape index (κ1) is 35.6. The molecule has 16 heteroatoms. The van der Waals surface area contributed by atoms with Gasteiger partial charge in [0.25, 0.3) is 0 Å². The summed E-state index contributed by atoms with van der Waals surface area (Å²) in [6.07, 6.45) is 7.99. The summed E-state index contributed by atoms with van der Waals surface area (Å²) >= 11 is 0. The number of rotatable bonds is 15. The van der Waals surface area contributed by atoms with Crippen molar-refractivity contribution in [1.29, 1.82) is 0 Å². The Morgan fingerprint density at radius 3 is 0.674 bits per heavy atom. The van der Waals surface area contributed by atoms with Gasteiger partial charge in [0.1, 0.15) is 0 Å². The van der Waals surface area contributed by atoms with E-state index in [-0.39, 0.29) is 73.0 Å². The Bertz CT molecular complexity index is 1310. The lowest BCUT2D eigenvalue weighted by molar-refractivity contribution is 0.0480. The first-order valence-electron chi connectivity index (χ1n) is 14.6. The minimum atomic E-state index is -2.13. The maximum atomic E-state index is 13.0. The lowest BCUT2D eigenvalue weighted by Gasteiger charge is -2.21. The van der Waals surface area contributed by atoms with Gasteiger partial charge in [0.15, 0.2) is 0 Å². The third-order valence-electron chi connectivity index (χ3n) is 6.03. The topological polar surface area (TPSA) is 173 Å². The van der Waals surface area contributed by atoms with Crippen molar-refractivity contribution in [3.8, 4) is 0 Å². The van der Waals surface area contributed by atoms with Gasteiger partial charge >= 0.3 is 35.8 Å². The molecule has 0 amide bonds. The molecule has 0 spiro atoms. The van der Waals surface area contributed by atoms with Crippen LogP contribution in [0.2, 0.25) is 0 Å². The minimum absolute atomic E-state index is 0.0217. The lowest BCUT2D eigenvalue weighted by Crippen LogP contribution is -2.11. The average molecular weight is 662 g/mol. The SMILES string of the molecule is CCOC(=O)c1cn(P(n2cc(C(=O)OCC)c(C(=O)OCC)c2)n2cc(C(=O)OCC)c(C(=O)OCC)c2)cc1C(=O)OCC. The van der Waals surface area contributed by atoms with Gasteiger partial charge in [0, 0.05) is 37.2 Å². The number of hydrogen-bond acceptors (Lipinski definition) is 12. The first-order chi connectivity index (χ1) is 22.1. The van der Waals surface area contributed by atoms with Gasteiger partial charge in [-0.1, -0.05) is 0 Å². The van der Waals surface area contributed by atoms with Crippen LogP contribution in [0.4, 0.5) is 0 Å². The van der Waals surface area contributed by atoms with Gasteiger partial charge < -0.3 is 28.4 Å². The van der Waals surface area contributed by atoms with Gasteiger partial charge in [-0.3, -0.25) is 13.0 Å². The molecule has 3 heterocycles. The molecular formula is C30H36N3O12P. The lowest BCUT2D eigenvalue weighted by atomic mass is 10.2. The Labute approximate surface area is 266 Å². The van der Waals surface area contributed by atoms with Crippen molar-refractivity contribution in [3.63, 3.8) is 0 Å². The predicted octanol–water partition coefficient (Wildman–Crippen LogP) is 4.32. The van der Waals surface area contributed by atoms with E-state index in [1.165, 1.54) is 50.2 Å². The number of aromatic nitrogens is 3. The summed E-state index contributed by atoms with van der Waals surface area (Å²) in [5.74, 6) is -4.84. The Balaban J connectivity index is 2.40. The van der Waals surface area contributed by atoms with Crippen molar-refractivity contribution in [2.75, 3.05) is 39.6 Å². The fraction of sp³-hybridized carbons (Fsp3) is 0.400. The van der Waals surface area contributed by atoms with E-state index in [0.29, 0.717) is 0 Å². The van der Waals surface area contributed by atoms with Crippen molar-refractivity contribution in [1.82, 2.24) is 13.0 Å². The molecule has 0 fully saturated rings. The molecule has 0 aliphatic rings. The average Bonchev–Trinajstić information content (AvgIpc) is 3.76. The van der Waals surface area contributed by atoms with Crippen LogP contribution in [0.3, 0.4) is 0 Å². The summed E-state index contributed by atoms with van der Waals surface area (Å²) in [5.41, 5.74) is -0.752. The Morgan fingerprint density at radius 1 is 0.391 bits per heavy atom. The van der Waals surface area contributed by atoms with Crippen molar-refractivity contribution >= 4 is 44.2 Å². The van der Waals surface area contributed by atoms with Crippen LogP contribution in [0.25, 0.3) is 0 Å². The molecule has 3 aromatic rings. The second-order valence-electron chi connectivity index (χ2n) is 8.99. The molecule has 0 unspecified atom stereocenters. The largest absolute Gasteiger partial charge is 0.462 e. The van der Waals surface area contributed by atoms with Gasteiger partial charge in [-0.15, -0.1) is 0 Å². The smallest absolute Gasteiger partial charge is 0.340 e. The molecule has 0 N–H and O–H groups in total. The molecule has 3 rings (SSSR count). The van der Waals surface area contributed by atoms with Crippen LogP contribution >= 0.6 is 8.37 Å². The standard InChI is InChI=1S/C30H36N3O12P/c1-7-40-25(34)19-13-31(14-20(19)26(35)41-8-2)46(32-15-21(27(36)42-9-3)22(16-32)28(37)43-10-4)33-17-23(29(38)44-11-5)24(18-33)30(39)45-12-6/h13-18H,7-12H2,1-6H3. The van der Waals surface area contributed by atoms with E-state index in [0.717, 1.165) is 0 Å². The zero-order chi connectivity index (χ0) is 34.0. The second kappa shape index (κ2) is 16.4. The fourth-order valence-electron chi connectivity index (χ4n) is 4.22. The number of esters is 6. The third kappa shape index (κ3) is 7.83. The highest BCUT2D eigenvalue weighted by Gasteiger charge is 2.32. The van der Waals surface area contributed by atoms with Gasteiger partial charge in [-0.25, -0.2) is 28.8 Å². The van der Waals surface area contributed by atoms with Crippen LogP contribution in [0, 0.1) is 0 Å². The van der Waals surface area contributed by atoms with Crippen LogP contribution in [0.15, 0.2) is 37.2 Å². The number of nitrogens with zero attached hydrogens (tertiary/aromatic N) is 3. The summed E-state index contributed by atoms with van der Waals surface area (Å²) in [6.45, 7) is 9.76. The molecule has 0 saturated carbocycles. The van der Waals surface area contributed by atoms with Gasteiger partial charge in [0.2, 0.25) is 8.37 Å². The summed E-state index contributed by atoms with van der Waals surface area (Å²) in [5, 5.41) is 0. The molecule has 0 aliphatic carbocycles. The van der Waals surface area contributed by atoms with E-state index in [9.17, 15) is 28.8 Å². The van der Waals surface area contributed by atoms with Crippen LogP contribution < -0.4 is 0 Å². The van der Waals surface area contributed by atoms with E-state index in [1.807, 2.05) is 0 Å². The highest BCUT2D eigenvalue weighted by Crippen LogP contribution is 2.44. The quantitative estimate of drug-likeness (QED) is 0.128. The second-order valence-corrected chi connectivity index (χ2v) is 10.9. The molecule has 248 valence electrons. The normalized spacial score (nSPS) is 10.8. The zero-order valence-electron chi connectivity index (χ0n) is 26.4. The molecule has 0 atom stereocenters. The first-order valence-corrected chi connectivity index (χ1v) is 15.8. The van der Waals surface area contributed by atoms with Crippen LogP contribution in [0.1, 0.15) is 104 Å². The van der Waals surface area contributed by atoms with Crippen LogP contribution in [-0.4, -0.2) is 88.5 Å². The van der Waals surface area contributed by atoms with E-state index in [4.69, 9.17) is 28.4 Å². The van der Waals surface area contributed by atoms with Gasteiger partial charge in [-0.05, 0) is 41.5 Å². The molecule has 0 radical (unpaired) electrons. The fourth-order valence-corrected chi connectivity index (χ4v) is 6.25. The van der Waals surface area contributed by atoms with E-state index < -0.39 is 44.2 Å². The zero-order valence-corrected chi connectivity index (χ0v) is 27.3. The van der Waals surface area contributed by atoms with Crippen molar-refractivity contribution in [2.24, 2.45) is 0 Å². The highest BCUT2D eigenvalue weighted by molar-refractivity contribution is 7.52. The van der Waals surface area contributed by atoms with Gasteiger partial charge in [-0.2, -0.15) is 0 Å². The van der Waals surface area contributed by atoms with E-state index in [2.05, 4.69) is 0 Å². The summed E-state index contributed by atoms with van der Waals surface area (Å²) < 4.78 is 35.4. The monoisotopic (exact) mass is 661 g/mol. The Kier molecular flexibility index (Phi) is 12.7. The minimum Gasteiger partial charge on any atom is -0.462 e. The number of carbonyl (C=O) groups excluding carboxylic acids is 6.